The molecule has 0 aliphatic carbocycles. The van der Waals surface area contributed by atoms with Gasteiger partial charge in [-0.1, -0.05) is 18.2 Å². The fourth-order valence-electron chi connectivity index (χ4n) is 2.59. The van der Waals surface area contributed by atoms with E-state index in [2.05, 4.69) is 38.0 Å². The first kappa shape index (κ1) is 11.0. The van der Waals surface area contributed by atoms with Gasteiger partial charge in [-0.2, -0.15) is 14.6 Å². The van der Waals surface area contributed by atoms with Gasteiger partial charge < -0.3 is 10.3 Å². The van der Waals surface area contributed by atoms with Crippen LogP contribution in [0.15, 0.2) is 43.0 Å². The van der Waals surface area contributed by atoms with E-state index in [1.807, 2.05) is 19.2 Å². The molecule has 20 heavy (non-hydrogen) atoms. The van der Waals surface area contributed by atoms with E-state index >= 15 is 0 Å². The second-order valence-corrected chi connectivity index (χ2v) is 4.70. The highest BCUT2D eigenvalue weighted by atomic mass is 15.3. The van der Waals surface area contributed by atoms with Crippen LogP contribution in [0.2, 0.25) is 0 Å². The number of fused-ring (bicyclic) bond motifs is 2. The van der Waals surface area contributed by atoms with Crippen LogP contribution in [0.1, 0.15) is 0 Å². The van der Waals surface area contributed by atoms with Crippen molar-refractivity contribution >= 4 is 22.4 Å². The molecule has 1 aromatic carbocycles. The van der Waals surface area contributed by atoms with Crippen molar-refractivity contribution in [2.45, 2.75) is 0 Å². The number of aromatic nitrogens is 5. The summed E-state index contributed by atoms with van der Waals surface area (Å²) in [5.74, 6) is 0.544. The summed E-state index contributed by atoms with van der Waals surface area (Å²) in [7, 11) is 2.02. The molecule has 0 fully saturated rings. The monoisotopic (exact) mass is 264 g/mol. The zero-order valence-electron chi connectivity index (χ0n) is 10.9. The number of nitrogens with zero attached hydrogens (tertiary/aromatic N) is 5. The molecule has 0 saturated carbocycles. The van der Waals surface area contributed by atoms with Gasteiger partial charge in [-0.15, -0.1) is 0 Å². The zero-order valence-corrected chi connectivity index (χ0v) is 10.9. The van der Waals surface area contributed by atoms with Gasteiger partial charge in [-0.25, -0.2) is 4.98 Å². The Bertz CT molecular complexity index is 933. The Labute approximate surface area is 114 Å². The molecule has 0 unspecified atom stereocenters. The summed E-state index contributed by atoms with van der Waals surface area (Å²) in [5.41, 5.74) is 9.70. The van der Waals surface area contributed by atoms with Gasteiger partial charge in [0.15, 0.2) is 0 Å². The van der Waals surface area contributed by atoms with Crippen molar-refractivity contribution < 1.29 is 0 Å². The molecule has 4 rings (SSSR count). The van der Waals surface area contributed by atoms with Crippen molar-refractivity contribution in [3.63, 3.8) is 0 Å². The third-order valence-corrected chi connectivity index (χ3v) is 3.49. The number of benzene rings is 1. The van der Waals surface area contributed by atoms with Gasteiger partial charge >= 0.3 is 0 Å². The average molecular weight is 264 g/mol. The van der Waals surface area contributed by atoms with Gasteiger partial charge in [0.05, 0.1) is 11.9 Å². The first-order chi connectivity index (χ1) is 9.75. The fraction of sp³-hybridized carbons (Fsp3) is 0.0714. The van der Waals surface area contributed by atoms with E-state index in [0.717, 1.165) is 22.2 Å². The van der Waals surface area contributed by atoms with E-state index in [0.29, 0.717) is 11.5 Å². The van der Waals surface area contributed by atoms with Crippen molar-refractivity contribution in [1.29, 1.82) is 0 Å². The predicted molar refractivity (Wildman–Crippen MR) is 77.1 cm³/mol. The molecule has 0 radical (unpaired) electrons. The van der Waals surface area contributed by atoms with Gasteiger partial charge in [-0.05, 0) is 6.07 Å². The molecule has 3 aromatic heterocycles. The summed E-state index contributed by atoms with van der Waals surface area (Å²) in [5, 5.41) is 5.36. The number of para-hydroxylation sites is 1. The van der Waals surface area contributed by atoms with Crippen LogP contribution in [-0.2, 0) is 7.05 Å². The van der Waals surface area contributed by atoms with Gasteiger partial charge in [0.2, 0.25) is 0 Å². The summed E-state index contributed by atoms with van der Waals surface area (Å²) in [6, 6.07) is 8.19. The molecular formula is C14H12N6. The number of hydrogen-bond acceptors (Lipinski definition) is 4. The number of aryl methyl sites for hydroxylation is 1. The fourth-order valence-corrected chi connectivity index (χ4v) is 2.59. The summed E-state index contributed by atoms with van der Waals surface area (Å²) in [6.45, 7) is 0. The number of rotatable bonds is 1. The Morgan fingerprint density at radius 3 is 2.90 bits per heavy atom. The number of nitrogen functional groups attached to an aromatic ring is 1. The molecule has 0 atom stereocenters. The summed E-state index contributed by atoms with van der Waals surface area (Å²) < 4.78 is 3.75. The van der Waals surface area contributed by atoms with Crippen LogP contribution in [0, 0.1) is 0 Å². The van der Waals surface area contributed by atoms with E-state index in [-0.39, 0.29) is 0 Å². The maximum atomic E-state index is 6.12. The number of hydrogen-bond donors (Lipinski definition) is 1. The number of anilines is 1. The Balaban J connectivity index is 2.16. The molecule has 0 bridgehead atoms. The standard InChI is InChI=1S/C14H12N6/c1-19-7-10(9-4-2-3-5-12(9)19)13-11(15)6-16-14-17-8-18-20(13)14/h2-8H,15H2,1H3. The molecule has 0 aliphatic heterocycles. The highest BCUT2D eigenvalue weighted by molar-refractivity contribution is 5.97. The molecule has 0 saturated heterocycles. The maximum Gasteiger partial charge on any atom is 0.252 e. The lowest BCUT2D eigenvalue weighted by molar-refractivity contribution is 0.942. The van der Waals surface area contributed by atoms with Crippen LogP contribution in [0.3, 0.4) is 0 Å². The van der Waals surface area contributed by atoms with Crippen molar-refractivity contribution in [2.24, 2.45) is 7.05 Å². The smallest absolute Gasteiger partial charge is 0.252 e. The lowest BCUT2D eigenvalue weighted by Crippen LogP contribution is -2.01. The molecular weight excluding hydrogens is 252 g/mol. The largest absolute Gasteiger partial charge is 0.396 e. The second-order valence-electron chi connectivity index (χ2n) is 4.70. The minimum absolute atomic E-state index is 0.544. The van der Waals surface area contributed by atoms with E-state index in [1.54, 1.807) is 10.7 Å². The highest BCUT2D eigenvalue weighted by Gasteiger charge is 2.15. The van der Waals surface area contributed by atoms with E-state index in [1.165, 1.54) is 6.33 Å². The van der Waals surface area contributed by atoms with Gasteiger partial charge in [-0.3, -0.25) is 0 Å². The summed E-state index contributed by atoms with van der Waals surface area (Å²) in [6.07, 6.45) is 5.16. The van der Waals surface area contributed by atoms with Crippen molar-refractivity contribution in [2.75, 3.05) is 5.73 Å². The topological polar surface area (TPSA) is 74.0 Å². The van der Waals surface area contributed by atoms with Crippen molar-refractivity contribution in [3.8, 4) is 11.3 Å². The minimum atomic E-state index is 0.544. The van der Waals surface area contributed by atoms with Gasteiger partial charge in [0, 0.05) is 29.7 Å². The van der Waals surface area contributed by atoms with Crippen LogP contribution in [0.5, 0.6) is 0 Å². The molecule has 6 nitrogen and oxygen atoms in total. The molecule has 2 N–H and O–H groups in total. The Morgan fingerprint density at radius 2 is 2.00 bits per heavy atom. The molecule has 98 valence electrons. The van der Waals surface area contributed by atoms with Crippen LogP contribution in [0.4, 0.5) is 5.69 Å². The summed E-state index contributed by atoms with van der Waals surface area (Å²) >= 11 is 0. The molecule has 0 spiro atoms. The molecule has 6 heteroatoms. The van der Waals surface area contributed by atoms with Gasteiger partial charge in [0.1, 0.15) is 12.0 Å². The Kier molecular flexibility index (Phi) is 2.09. The predicted octanol–water partition coefficient (Wildman–Crippen LogP) is 1.87. The van der Waals surface area contributed by atoms with Gasteiger partial charge in [0.25, 0.3) is 5.78 Å². The van der Waals surface area contributed by atoms with Crippen LogP contribution >= 0.6 is 0 Å². The van der Waals surface area contributed by atoms with E-state index in [4.69, 9.17) is 5.73 Å². The van der Waals surface area contributed by atoms with Crippen LogP contribution < -0.4 is 5.73 Å². The maximum absolute atomic E-state index is 6.12. The van der Waals surface area contributed by atoms with Crippen LogP contribution in [-0.4, -0.2) is 24.1 Å². The van der Waals surface area contributed by atoms with Crippen molar-refractivity contribution in [3.05, 3.63) is 43.0 Å². The first-order valence-corrected chi connectivity index (χ1v) is 6.24. The van der Waals surface area contributed by atoms with Crippen molar-refractivity contribution in [1.82, 2.24) is 24.1 Å². The SMILES string of the molecule is Cn1cc(-c2c(N)cnc3ncnn23)c2ccccc21. The van der Waals surface area contributed by atoms with E-state index in [9.17, 15) is 0 Å². The lowest BCUT2D eigenvalue weighted by atomic mass is 10.1. The normalized spacial score (nSPS) is 11.4. The molecule has 0 amide bonds. The lowest BCUT2D eigenvalue weighted by Gasteiger charge is -2.05. The minimum Gasteiger partial charge on any atom is -0.396 e. The molecule has 4 aromatic rings. The Hall–Kier alpha value is -2.89. The average Bonchev–Trinajstić information content (AvgIpc) is 3.05. The molecule has 0 aliphatic rings. The highest BCUT2D eigenvalue weighted by Crippen LogP contribution is 2.32. The zero-order chi connectivity index (χ0) is 13.7. The third-order valence-electron chi connectivity index (χ3n) is 3.49. The quantitative estimate of drug-likeness (QED) is 0.569. The number of nitrogens with two attached hydrogens (primary N) is 1. The van der Waals surface area contributed by atoms with E-state index < -0.39 is 0 Å². The first-order valence-electron chi connectivity index (χ1n) is 6.24. The molecule has 3 heterocycles. The Morgan fingerprint density at radius 1 is 1.15 bits per heavy atom. The van der Waals surface area contributed by atoms with Crippen LogP contribution in [0.25, 0.3) is 27.9 Å². The summed E-state index contributed by atoms with van der Waals surface area (Å²) in [4.78, 5) is 8.28. The third kappa shape index (κ3) is 1.36. The second kappa shape index (κ2) is 3.80.